The minimum Gasteiger partial charge on any atom is -0.468 e. The minimum absolute atomic E-state index is 0.188. The lowest BCUT2D eigenvalue weighted by Gasteiger charge is -2.13. The predicted octanol–water partition coefficient (Wildman–Crippen LogP) is 2.87. The van der Waals surface area contributed by atoms with Crippen molar-refractivity contribution in [3.63, 3.8) is 0 Å². The number of carbonyl (C=O) groups is 1. The summed E-state index contributed by atoms with van der Waals surface area (Å²) < 4.78 is 17.8. The third-order valence-corrected chi connectivity index (χ3v) is 3.90. The summed E-state index contributed by atoms with van der Waals surface area (Å²) in [6.45, 7) is 0. The van der Waals surface area contributed by atoms with Gasteiger partial charge in [0.2, 0.25) is 0 Å². The van der Waals surface area contributed by atoms with E-state index >= 15 is 0 Å². The van der Waals surface area contributed by atoms with Crippen LogP contribution in [0, 0.1) is 11.7 Å². The summed E-state index contributed by atoms with van der Waals surface area (Å²) in [6, 6.07) is 6.31. The molecule has 0 bridgehead atoms. The van der Waals surface area contributed by atoms with Crippen molar-refractivity contribution < 1.29 is 13.9 Å². The number of methoxy groups -OCH3 is 1. The normalized spacial score (nSPS) is 16.9. The molecule has 0 radical (unpaired) electrons. The third-order valence-electron chi connectivity index (χ3n) is 2.54. The molecule has 2 nitrogen and oxygen atoms in total. The van der Waals surface area contributed by atoms with E-state index < -0.39 is 0 Å². The van der Waals surface area contributed by atoms with Crippen LogP contribution in [0.3, 0.4) is 0 Å². The van der Waals surface area contributed by atoms with Crippen molar-refractivity contribution in [2.24, 2.45) is 5.92 Å². The number of hydrogen-bond donors (Lipinski definition) is 0. The first-order valence-electron chi connectivity index (χ1n) is 5.21. The lowest BCUT2D eigenvalue weighted by Crippen LogP contribution is -2.20. The van der Waals surface area contributed by atoms with Crippen molar-refractivity contribution in [1.29, 1.82) is 0 Å². The highest BCUT2D eigenvalue weighted by molar-refractivity contribution is 8.00. The molecule has 1 unspecified atom stereocenters. The first-order chi connectivity index (χ1) is 7.70. The Kier molecular flexibility index (Phi) is 3.49. The van der Waals surface area contributed by atoms with Gasteiger partial charge in [0, 0.05) is 4.90 Å². The van der Waals surface area contributed by atoms with Crippen LogP contribution in [-0.2, 0) is 9.53 Å². The van der Waals surface area contributed by atoms with Crippen LogP contribution in [0.25, 0.3) is 0 Å². The van der Waals surface area contributed by atoms with Gasteiger partial charge in [-0.05, 0) is 37.0 Å². The quantitative estimate of drug-likeness (QED) is 0.598. The van der Waals surface area contributed by atoms with Crippen molar-refractivity contribution in [1.82, 2.24) is 0 Å². The zero-order valence-corrected chi connectivity index (χ0v) is 9.80. The number of carbonyl (C=O) groups excluding carboxylic acids is 1. The zero-order chi connectivity index (χ0) is 11.5. The molecule has 1 aliphatic carbocycles. The minimum atomic E-state index is -0.274. The van der Waals surface area contributed by atoms with Gasteiger partial charge in [-0.15, -0.1) is 11.8 Å². The standard InChI is InChI=1S/C12H13FO2S/c1-15-12(14)11(8-5-6-8)16-10-4-2-3-9(13)7-10/h2-4,7-8,11H,5-6H2,1H3. The third kappa shape index (κ3) is 2.76. The maximum atomic E-state index is 13.0. The van der Waals surface area contributed by atoms with E-state index in [0.29, 0.717) is 5.92 Å². The van der Waals surface area contributed by atoms with E-state index in [1.54, 1.807) is 6.07 Å². The van der Waals surface area contributed by atoms with Gasteiger partial charge in [-0.3, -0.25) is 4.79 Å². The largest absolute Gasteiger partial charge is 0.468 e. The molecule has 0 aliphatic heterocycles. The summed E-state index contributed by atoms with van der Waals surface area (Å²) in [5, 5.41) is -0.188. The van der Waals surface area contributed by atoms with E-state index in [9.17, 15) is 9.18 Å². The van der Waals surface area contributed by atoms with Gasteiger partial charge < -0.3 is 4.74 Å². The van der Waals surface area contributed by atoms with Gasteiger partial charge in [0.25, 0.3) is 0 Å². The van der Waals surface area contributed by atoms with E-state index in [1.807, 2.05) is 6.07 Å². The molecule has 0 spiro atoms. The molecule has 0 aromatic heterocycles. The number of benzene rings is 1. The van der Waals surface area contributed by atoms with Crippen LogP contribution in [0.2, 0.25) is 0 Å². The van der Waals surface area contributed by atoms with Crippen molar-refractivity contribution >= 4 is 17.7 Å². The average Bonchev–Trinajstić information content (AvgIpc) is 3.09. The number of esters is 1. The Balaban J connectivity index is 2.08. The van der Waals surface area contributed by atoms with Crippen LogP contribution in [0.1, 0.15) is 12.8 Å². The number of thioether (sulfide) groups is 1. The van der Waals surface area contributed by atoms with Crippen molar-refractivity contribution in [3.05, 3.63) is 30.1 Å². The molecule has 1 aromatic rings. The van der Waals surface area contributed by atoms with Crippen molar-refractivity contribution in [3.8, 4) is 0 Å². The van der Waals surface area contributed by atoms with Crippen LogP contribution in [0.15, 0.2) is 29.2 Å². The highest BCUT2D eigenvalue weighted by atomic mass is 32.2. The number of ether oxygens (including phenoxy) is 1. The van der Waals surface area contributed by atoms with Crippen LogP contribution in [0.5, 0.6) is 0 Å². The number of halogens is 1. The molecule has 1 atom stereocenters. The Morgan fingerprint density at radius 2 is 2.31 bits per heavy atom. The molecule has 0 heterocycles. The smallest absolute Gasteiger partial charge is 0.319 e. The second-order valence-electron chi connectivity index (χ2n) is 3.86. The summed E-state index contributed by atoms with van der Waals surface area (Å²) in [5.41, 5.74) is 0. The van der Waals surface area contributed by atoms with Crippen LogP contribution >= 0.6 is 11.8 Å². The maximum Gasteiger partial charge on any atom is 0.319 e. The number of rotatable bonds is 4. The van der Waals surface area contributed by atoms with Crippen molar-refractivity contribution in [2.45, 2.75) is 23.0 Å². The number of hydrogen-bond acceptors (Lipinski definition) is 3. The Hall–Kier alpha value is -1.03. The van der Waals surface area contributed by atoms with Gasteiger partial charge in [-0.1, -0.05) is 6.07 Å². The van der Waals surface area contributed by atoms with E-state index in [4.69, 9.17) is 4.74 Å². The molecular weight excluding hydrogens is 227 g/mol. The van der Waals surface area contributed by atoms with Crippen molar-refractivity contribution in [2.75, 3.05) is 7.11 Å². The highest BCUT2D eigenvalue weighted by Gasteiger charge is 2.37. The fourth-order valence-corrected chi connectivity index (χ4v) is 2.83. The predicted molar refractivity (Wildman–Crippen MR) is 60.8 cm³/mol. The van der Waals surface area contributed by atoms with Gasteiger partial charge in [0.1, 0.15) is 11.1 Å². The van der Waals surface area contributed by atoms with E-state index in [1.165, 1.54) is 31.0 Å². The molecule has 0 amide bonds. The Labute approximate surface area is 98.2 Å². The topological polar surface area (TPSA) is 26.3 Å². The van der Waals surface area contributed by atoms with Gasteiger partial charge in [-0.25, -0.2) is 4.39 Å². The Morgan fingerprint density at radius 3 is 2.88 bits per heavy atom. The molecular formula is C12H13FO2S. The second kappa shape index (κ2) is 4.87. The van der Waals surface area contributed by atoms with Gasteiger partial charge in [0.15, 0.2) is 0 Å². The Bertz CT molecular complexity index is 390. The molecule has 1 saturated carbocycles. The lowest BCUT2D eigenvalue weighted by atomic mass is 10.3. The van der Waals surface area contributed by atoms with Gasteiger partial charge in [-0.2, -0.15) is 0 Å². The van der Waals surface area contributed by atoms with E-state index in [2.05, 4.69) is 0 Å². The fraction of sp³-hybridized carbons (Fsp3) is 0.417. The van der Waals surface area contributed by atoms with Crippen LogP contribution in [-0.4, -0.2) is 18.3 Å². The molecule has 4 heteroatoms. The summed E-state index contributed by atoms with van der Waals surface area (Å²) in [7, 11) is 1.39. The summed E-state index contributed by atoms with van der Waals surface area (Å²) in [5.74, 6) is -0.0955. The van der Waals surface area contributed by atoms with Crippen LogP contribution in [0.4, 0.5) is 4.39 Å². The molecule has 16 heavy (non-hydrogen) atoms. The zero-order valence-electron chi connectivity index (χ0n) is 8.98. The summed E-state index contributed by atoms with van der Waals surface area (Å²) in [6.07, 6.45) is 2.12. The maximum absolute atomic E-state index is 13.0. The Morgan fingerprint density at radius 1 is 1.56 bits per heavy atom. The van der Waals surface area contributed by atoms with Gasteiger partial charge in [0.05, 0.1) is 7.11 Å². The molecule has 0 N–H and O–H groups in total. The second-order valence-corrected chi connectivity index (χ2v) is 5.07. The molecule has 0 saturated heterocycles. The molecule has 2 rings (SSSR count). The molecule has 1 aromatic carbocycles. The molecule has 1 aliphatic rings. The van der Waals surface area contributed by atoms with Gasteiger partial charge >= 0.3 is 5.97 Å². The molecule has 86 valence electrons. The SMILES string of the molecule is COC(=O)C(Sc1cccc(F)c1)C1CC1. The monoisotopic (exact) mass is 240 g/mol. The molecule has 1 fully saturated rings. The lowest BCUT2D eigenvalue weighted by molar-refractivity contribution is -0.140. The van der Waals surface area contributed by atoms with E-state index in [0.717, 1.165) is 17.7 Å². The average molecular weight is 240 g/mol. The summed E-state index contributed by atoms with van der Waals surface area (Å²) >= 11 is 1.39. The summed E-state index contributed by atoms with van der Waals surface area (Å²) in [4.78, 5) is 12.3. The highest BCUT2D eigenvalue weighted by Crippen LogP contribution is 2.42. The van der Waals surface area contributed by atoms with Crippen LogP contribution < -0.4 is 0 Å². The fourth-order valence-electron chi connectivity index (χ4n) is 1.54. The first kappa shape index (κ1) is 11.5. The van der Waals surface area contributed by atoms with E-state index in [-0.39, 0.29) is 17.0 Å². The first-order valence-corrected chi connectivity index (χ1v) is 6.08.